The van der Waals surface area contributed by atoms with Crippen molar-refractivity contribution in [2.24, 2.45) is 0 Å². The Kier molecular flexibility index (Phi) is 7.23. The molecule has 144 valence electrons. The molecule has 3 N–H and O–H groups in total. The monoisotopic (exact) mass is 362 g/mol. The number of fused-ring (bicyclic) bond motifs is 1. The number of aliphatic hydroxyl groups is 2. The summed E-state index contributed by atoms with van der Waals surface area (Å²) in [6.07, 6.45) is 3.73. The maximum Gasteiger partial charge on any atom is 0.342 e. The van der Waals surface area contributed by atoms with Crippen LogP contribution in [-0.2, 0) is 11.2 Å². The van der Waals surface area contributed by atoms with Crippen molar-refractivity contribution in [2.45, 2.75) is 77.6 Å². The Labute approximate surface area is 155 Å². The van der Waals surface area contributed by atoms with Crippen molar-refractivity contribution in [3.63, 3.8) is 0 Å². The molecular weight excluding hydrogens is 332 g/mol. The molecule has 0 aliphatic carbocycles. The van der Waals surface area contributed by atoms with E-state index in [0.29, 0.717) is 18.4 Å². The molecule has 5 nitrogen and oxygen atoms in total. The van der Waals surface area contributed by atoms with Gasteiger partial charge in [-0.25, -0.2) is 4.79 Å². The zero-order valence-electron chi connectivity index (χ0n) is 15.9. The van der Waals surface area contributed by atoms with Crippen molar-refractivity contribution in [1.29, 1.82) is 0 Å². The summed E-state index contributed by atoms with van der Waals surface area (Å²) in [6, 6.07) is 3.29. The molecule has 0 radical (unpaired) electrons. The first-order valence-corrected chi connectivity index (χ1v) is 9.40. The standard InChI is InChI=1S/C21H30O5/c1-4-5-6-7-15(22)17(24)12-18-19-14(9-8-13(2)3)10-11-16(23)20(19)21(25)26-18/h8,10-11,15,17-18,22-24H,4-7,9,12H2,1-3H3. The van der Waals surface area contributed by atoms with E-state index in [1.807, 2.05) is 19.9 Å². The van der Waals surface area contributed by atoms with Gasteiger partial charge in [0, 0.05) is 12.0 Å². The lowest BCUT2D eigenvalue weighted by molar-refractivity contribution is -0.0233. The lowest BCUT2D eigenvalue weighted by atomic mass is 9.91. The highest BCUT2D eigenvalue weighted by atomic mass is 16.6. The van der Waals surface area contributed by atoms with E-state index in [-0.39, 0.29) is 17.7 Å². The third kappa shape index (κ3) is 4.86. The maximum atomic E-state index is 12.2. The maximum absolute atomic E-state index is 12.2. The molecule has 1 heterocycles. The zero-order valence-corrected chi connectivity index (χ0v) is 15.9. The largest absolute Gasteiger partial charge is 0.507 e. The molecule has 0 saturated heterocycles. The summed E-state index contributed by atoms with van der Waals surface area (Å²) in [7, 11) is 0. The minimum Gasteiger partial charge on any atom is -0.507 e. The lowest BCUT2D eigenvalue weighted by Crippen LogP contribution is -2.28. The van der Waals surface area contributed by atoms with E-state index in [4.69, 9.17) is 4.74 Å². The number of aliphatic hydroxyl groups excluding tert-OH is 2. The van der Waals surface area contributed by atoms with Gasteiger partial charge in [-0.3, -0.25) is 0 Å². The van der Waals surface area contributed by atoms with Crippen LogP contribution >= 0.6 is 0 Å². The number of aromatic hydroxyl groups is 1. The van der Waals surface area contributed by atoms with Crippen LogP contribution in [0.3, 0.4) is 0 Å². The molecule has 1 aromatic rings. The molecule has 0 spiro atoms. The average Bonchev–Trinajstić information content (AvgIpc) is 2.91. The number of rotatable bonds is 9. The Balaban J connectivity index is 2.20. The quantitative estimate of drug-likeness (QED) is 0.353. The Bertz CT molecular complexity index is 661. The second-order valence-electron chi connectivity index (χ2n) is 7.28. The van der Waals surface area contributed by atoms with Crippen molar-refractivity contribution >= 4 is 5.97 Å². The van der Waals surface area contributed by atoms with Gasteiger partial charge >= 0.3 is 5.97 Å². The molecule has 5 heteroatoms. The third-order valence-electron chi connectivity index (χ3n) is 4.82. The van der Waals surface area contributed by atoms with Gasteiger partial charge in [-0.05, 0) is 38.3 Å². The number of hydrogen-bond acceptors (Lipinski definition) is 5. The highest BCUT2D eigenvalue weighted by Gasteiger charge is 2.37. The Hall–Kier alpha value is -1.85. The fraction of sp³-hybridized carbons (Fsp3) is 0.571. The number of unbranched alkanes of at least 4 members (excludes halogenated alkanes) is 2. The van der Waals surface area contributed by atoms with Crippen molar-refractivity contribution in [3.8, 4) is 5.75 Å². The van der Waals surface area contributed by atoms with Crippen LogP contribution in [0.4, 0.5) is 0 Å². The molecule has 3 atom stereocenters. The zero-order chi connectivity index (χ0) is 19.3. The molecule has 26 heavy (non-hydrogen) atoms. The molecule has 3 unspecified atom stereocenters. The van der Waals surface area contributed by atoms with Gasteiger partial charge in [0.1, 0.15) is 17.4 Å². The van der Waals surface area contributed by atoms with Crippen molar-refractivity contribution in [3.05, 3.63) is 40.5 Å². The van der Waals surface area contributed by atoms with E-state index < -0.39 is 24.3 Å². The number of benzene rings is 1. The summed E-state index contributed by atoms with van der Waals surface area (Å²) in [5.41, 5.74) is 2.86. The van der Waals surface area contributed by atoms with Crippen molar-refractivity contribution < 1.29 is 24.9 Å². The minimum absolute atomic E-state index is 0.105. The summed E-state index contributed by atoms with van der Waals surface area (Å²) >= 11 is 0. The normalized spacial score (nSPS) is 18.2. The molecule has 0 fully saturated rings. The smallest absolute Gasteiger partial charge is 0.342 e. The SMILES string of the molecule is CCCCCC(O)C(O)CC1OC(=O)c2c(O)ccc(CC=C(C)C)c21. The van der Waals surface area contributed by atoms with Gasteiger partial charge in [-0.2, -0.15) is 0 Å². The van der Waals surface area contributed by atoms with Gasteiger partial charge in [0.2, 0.25) is 0 Å². The molecule has 0 aromatic heterocycles. The van der Waals surface area contributed by atoms with Gasteiger partial charge in [0.15, 0.2) is 0 Å². The number of cyclic esters (lactones) is 1. The van der Waals surface area contributed by atoms with Gasteiger partial charge < -0.3 is 20.1 Å². The van der Waals surface area contributed by atoms with Gasteiger partial charge in [0.25, 0.3) is 0 Å². The van der Waals surface area contributed by atoms with Crippen LogP contribution in [0.5, 0.6) is 5.75 Å². The Morgan fingerprint density at radius 3 is 2.62 bits per heavy atom. The van der Waals surface area contributed by atoms with Crippen LogP contribution in [0.15, 0.2) is 23.8 Å². The predicted octanol–water partition coefficient (Wildman–Crippen LogP) is 3.80. The van der Waals surface area contributed by atoms with E-state index in [2.05, 4.69) is 6.92 Å². The number of carbonyl (C=O) groups excluding carboxylic acids is 1. The van der Waals surface area contributed by atoms with Crippen molar-refractivity contribution in [1.82, 2.24) is 0 Å². The molecule has 0 saturated carbocycles. The number of carbonyl (C=O) groups is 1. The first-order chi connectivity index (χ1) is 12.3. The number of allylic oxidation sites excluding steroid dienone is 2. The molecule has 1 aliphatic rings. The Morgan fingerprint density at radius 1 is 1.23 bits per heavy atom. The number of phenolic OH excluding ortho intramolecular Hbond substituents is 1. The molecule has 0 amide bonds. The van der Waals surface area contributed by atoms with Crippen LogP contribution in [0.1, 0.15) is 80.5 Å². The molecule has 1 aromatic carbocycles. The number of esters is 1. The molecule has 2 rings (SSSR count). The summed E-state index contributed by atoms with van der Waals surface area (Å²) in [5.74, 6) is -0.680. The third-order valence-corrected chi connectivity index (χ3v) is 4.82. The topological polar surface area (TPSA) is 87.0 Å². The minimum atomic E-state index is -0.978. The van der Waals surface area contributed by atoms with Gasteiger partial charge in [-0.15, -0.1) is 0 Å². The molecular formula is C21H30O5. The van der Waals surface area contributed by atoms with E-state index in [1.54, 1.807) is 6.07 Å². The molecule has 1 aliphatic heterocycles. The average molecular weight is 362 g/mol. The lowest BCUT2D eigenvalue weighted by Gasteiger charge is -2.22. The fourth-order valence-corrected chi connectivity index (χ4v) is 3.31. The highest BCUT2D eigenvalue weighted by molar-refractivity contribution is 5.97. The number of hydrogen-bond donors (Lipinski definition) is 3. The fourth-order valence-electron chi connectivity index (χ4n) is 3.31. The predicted molar refractivity (Wildman–Crippen MR) is 100 cm³/mol. The van der Waals surface area contributed by atoms with Crippen LogP contribution in [0.25, 0.3) is 0 Å². The number of phenols is 1. The Morgan fingerprint density at radius 2 is 1.96 bits per heavy atom. The van der Waals surface area contributed by atoms with Crippen LogP contribution in [-0.4, -0.2) is 33.5 Å². The molecule has 0 bridgehead atoms. The summed E-state index contributed by atoms with van der Waals surface area (Å²) < 4.78 is 5.42. The first-order valence-electron chi connectivity index (χ1n) is 9.40. The van der Waals surface area contributed by atoms with Crippen LogP contribution in [0, 0.1) is 0 Å². The van der Waals surface area contributed by atoms with E-state index in [0.717, 1.165) is 30.4 Å². The summed E-state index contributed by atoms with van der Waals surface area (Å²) in [6.45, 7) is 6.07. The van der Waals surface area contributed by atoms with Crippen LogP contribution in [0.2, 0.25) is 0 Å². The number of ether oxygens (including phenoxy) is 1. The van der Waals surface area contributed by atoms with E-state index in [1.165, 1.54) is 6.07 Å². The van der Waals surface area contributed by atoms with Crippen molar-refractivity contribution in [2.75, 3.05) is 0 Å². The highest BCUT2D eigenvalue weighted by Crippen LogP contribution is 2.41. The van der Waals surface area contributed by atoms with E-state index in [9.17, 15) is 20.1 Å². The first kappa shape index (κ1) is 20.5. The second kappa shape index (κ2) is 9.19. The summed E-state index contributed by atoms with van der Waals surface area (Å²) in [5, 5.41) is 30.6. The van der Waals surface area contributed by atoms with Gasteiger partial charge in [-0.1, -0.05) is 43.9 Å². The second-order valence-corrected chi connectivity index (χ2v) is 7.28. The van der Waals surface area contributed by atoms with Gasteiger partial charge in [0.05, 0.1) is 12.2 Å². The van der Waals surface area contributed by atoms with Crippen LogP contribution < -0.4 is 0 Å². The summed E-state index contributed by atoms with van der Waals surface area (Å²) in [4.78, 5) is 12.2. The van der Waals surface area contributed by atoms with E-state index >= 15 is 0 Å².